The molecule has 0 saturated heterocycles. The maximum absolute atomic E-state index is 10.2. The Balaban J connectivity index is 2.13. The van der Waals surface area contributed by atoms with E-state index in [1.165, 1.54) is 25.7 Å². The van der Waals surface area contributed by atoms with Crippen molar-refractivity contribution in [2.24, 2.45) is 17.3 Å². The molecule has 2 aliphatic rings. The molecule has 2 N–H and O–H groups in total. The summed E-state index contributed by atoms with van der Waals surface area (Å²) >= 11 is 0. The average Bonchev–Trinajstić information content (AvgIpc) is 2.26. The number of hydrogen-bond acceptors (Lipinski definition) is 2. The van der Waals surface area contributed by atoms with Gasteiger partial charge in [0.05, 0.1) is 12.2 Å². The van der Waals surface area contributed by atoms with Crippen molar-refractivity contribution in [3.05, 3.63) is 0 Å². The lowest BCUT2D eigenvalue weighted by atomic mass is 9.57. The summed E-state index contributed by atoms with van der Waals surface area (Å²) in [5.74, 6) is 0.998. The number of rotatable bonds is 1. The fraction of sp³-hybridized carbons (Fsp3) is 1.00. The number of hydrogen-bond donors (Lipinski definition) is 2. The van der Waals surface area contributed by atoms with E-state index in [0.29, 0.717) is 11.8 Å². The first-order valence-corrected chi connectivity index (χ1v) is 6.90. The van der Waals surface area contributed by atoms with Crippen molar-refractivity contribution in [2.75, 3.05) is 0 Å². The maximum Gasteiger partial charge on any atom is 0.0575 e. The van der Waals surface area contributed by atoms with E-state index in [1.807, 2.05) is 0 Å². The summed E-state index contributed by atoms with van der Waals surface area (Å²) < 4.78 is 0. The second-order valence-electron chi connectivity index (χ2n) is 6.29. The van der Waals surface area contributed by atoms with Gasteiger partial charge in [-0.2, -0.15) is 0 Å². The van der Waals surface area contributed by atoms with Crippen LogP contribution in [0.3, 0.4) is 0 Å². The third-order valence-corrected chi connectivity index (χ3v) is 5.36. The summed E-state index contributed by atoms with van der Waals surface area (Å²) in [7, 11) is 0. The lowest BCUT2D eigenvalue weighted by Gasteiger charge is -2.49. The van der Waals surface area contributed by atoms with Crippen LogP contribution in [0.4, 0.5) is 0 Å². The van der Waals surface area contributed by atoms with Crippen LogP contribution < -0.4 is 0 Å². The van der Waals surface area contributed by atoms with E-state index in [-0.39, 0.29) is 17.6 Å². The third kappa shape index (κ3) is 2.14. The third-order valence-electron chi connectivity index (χ3n) is 5.36. The van der Waals surface area contributed by atoms with Gasteiger partial charge in [-0.3, -0.25) is 0 Å². The average molecular weight is 226 g/mol. The second kappa shape index (κ2) is 4.66. The molecule has 0 spiro atoms. The minimum absolute atomic E-state index is 0.181. The van der Waals surface area contributed by atoms with Crippen molar-refractivity contribution in [1.82, 2.24) is 0 Å². The van der Waals surface area contributed by atoms with Crippen LogP contribution >= 0.6 is 0 Å². The molecule has 2 heteroatoms. The van der Waals surface area contributed by atoms with Gasteiger partial charge in [-0.15, -0.1) is 0 Å². The molecule has 0 bridgehead atoms. The molecule has 0 aromatic rings. The van der Waals surface area contributed by atoms with Gasteiger partial charge in [-0.25, -0.2) is 0 Å². The van der Waals surface area contributed by atoms with Gasteiger partial charge in [0.25, 0.3) is 0 Å². The minimum atomic E-state index is -0.186. The molecule has 0 amide bonds. The minimum Gasteiger partial charge on any atom is -0.393 e. The molecular formula is C14H26O2. The molecule has 2 fully saturated rings. The largest absolute Gasteiger partial charge is 0.393 e. The zero-order valence-electron chi connectivity index (χ0n) is 10.7. The molecule has 0 radical (unpaired) electrons. The predicted octanol–water partition coefficient (Wildman–Crippen LogP) is 2.72. The van der Waals surface area contributed by atoms with Crippen molar-refractivity contribution in [3.63, 3.8) is 0 Å². The molecule has 0 heterocycles. The molecule has 2 nitrogen and oxygen atoms in total. The van der Waals surface area contributed by atoms with Crippen molar-refractivity contribution < 1.29 is 10.2 Å². The first kappa shape index (κ1) is 12.4. The Morgan fingerprint density at radius 2 is 1.81 bits per heavy atom. The molecule has 2 rings (SSSR count). The topological polar surface area (TPSA) is 40.5 Å². The molecule has 5 unspecified atom stereocenters. The highest BCUT2D eigenvalue weighted by molar-refractivity contribution is 4.95. The molecule has 5 atom stereocenters. The summed E-state index contributed by atoms with van der Waals surface area (Å²) in [5.41, 5.74) is 0.249. The Morgan fingerprint density at radius 1 is 1.06 bits per heavy atom. The van der Waals surface area contributed by atoms with Crippen LogP contribution in [-0.2, 0) is 0 Å². The fourth-order valence-corrected chi connectivity index (χ4v) is 3.92. The summed E-state index contributed by atoms with van der Waals surface area (Å²) in [6, 6.07) is 0. The molecule has 94 valence electrons. The molecule has 0 aromatic carbocycles. The van der Waals surface area contributed by atoms with Crippen molar-refractivity contribution in [2.45, 2.75) is 71.0 Å². The van der Waals surface area contributed by atoms with Gasteiger partial charge in [-0.1, -0.05) is 33.1 Å². The van der Waals surface area contributed by atoms with Gasteiger partial charge in [-0.05, 0) is 42.9 Å². The Hall–Kier alpha value is -0.0800. The quantitative estimate of drug-likeness (QED) is 0.721. The Kier molecular flexibility index (Phi) is 3.60. The summed E-state index contributed by atoms with van der Waals surface area (Å²) in [6.07, 6.45) is 7.15. The molecule has 2 aliphatic carbocycles. The SMILES string of the molecule is CC1CCCCC1(C)C1CC(O)CCC1O. The van der Waals surface area contributed by atoms with E-state index in [9.17, 15) is 10.2 Å². The van der Waals surface area contributed by atoms with E-state index in [0.717, 1.165) is 19.3 Å². The van der Waals surface area contributed by atoms with Gasteiger partial charge in [0, 0.05) is 0 Å². The van der Waals surface area contributed by atoms with Crippen LogP contribution in [0, 0.1) is 17.3 Å². The fourth-order valence-electron chi connectivity index (χ4n) is 3.92. The molecule has 0 aliphatic heterocycles. The van der Waals surface area contributed by atoms with Gasteiger partial charge in [0.1, 0.15) is 0 Å². The van der Waals surface area contributed by atoms with Crippen molar-refractivity contribution in [3.8, 4) is 0 Å². The lowest BCUT2D eigenvalue weighted by molar-refractivity contribution is -0.0801. The van der Waals surface area contributed by atoms with Crippen LogP contribution in [0.15, 0.2) is 0 Å². The van der Waals surface area contributed by atoms with E-state index in [1.54, 1.807) is 0 Å². The zero-order chi connectivity index (χ0) is 11.8. The predicted molar refractivity (Wildman–Crippen MR) is 65.1 cm³/mol. The summed E-state index contributed by atoms with van der Waals surface area (Å²) in [6.45, 7) is 4.66. The first-order valence-electron chi connectivity index (χ1n) is 6.90. The van der Waals surface area contributed by atoms with Crippen LogP contribution in [0.1, 0.15) is 58.8 Å². The van der Waals surface area contributed by atoms with E-state index in [4.69, 9.17) is 0 Å². The highest BCUT2D eigenvalue weighted by atomic mass is 16.3. The maximum atomic E-state index is 10.2. The Morgan fingerprint density at radius 3 is 2.50 bits per heavy atom. The summed E-state index contributed by atoms with van der Waals surface area (Å²) in [4.78, 5) is 0. The second-order valence-corrected chi connectivity index (χ2v) is 6.29. The monoisotopic (exact) mass is 226 g/mol. The Labute approximate surface area is 99.1 Å². The normalized spacial score (nSPS) is 50.2. The van der Waals surface area contributed by atoms with E-state index in [2.05, 4.69) is 13.8 Å². The van der Waals surface area contributed by atoms with Crippen LogP contribution in [0.2, 0.25) is 0 Å². The smallest absolute Gasteiger partial charge is 0.0575 e. The standard InChI is InChI=1S/C14H26O2/c1-10-5-3-4-8-14(10,2)12-9-11(15)6-7-13(12)16/h10-13,15-16H,3-9H2,1-2H3. The van der Waals surface area contributed by atoms with Crippen LogP contribution in [0.25, 0.3) is 0 Å². The van der Waals surface area contributed by atoms with Crippen molar-refractivity contribution in [1.29, 1.82) is 0 Å². The van der Waals surface area contributed by atoms with E-state index < -0.39 is 0 Å². The van der Waals surface area contributed by atoms with Crippen LogP contribution in [-0.4, -0.2) is 22.4 Å². The van der Waals surface area contributed by atoms with Gasteiger partial charge in [0.15, 0.2) is 0 Å². The van der Waals surface area contributed by atoms with E-state index >= 15 is 0 Å². The molecule has 2 saturated carbocycles. The van der Waals surface area contributed by atoms with Crippen LogP contribution in [0.5, 0.6) is 0 Å². The number of aliphatic hydroxyl groups is 2. The molecular weight excluding hydrogens is 200 g/mol. The van der Waals surface area contributed by atoms with Gasteiger partial charge in [0.2, 0.25) is 0 Å². The number of aliphatic hydroxyl groups excluding tert-OH is 2. The molecule has 16 heavy (non-hydrogen) atoms. The molecule has 0 aromatic heterocycles. The zero-order valence-corrected chi connectivity index (χ0v) is 10.7. The summed E-state index contributed by atoms with van der Waals surface area (Å²) in [5, 5.41) is 20.0. The lowest BCUT2D eigenvalue weighted by Crippen LogP contribution is -2.46. The highest BCUT2D eigenvalue weighted by Gasteiger charge is 2.45. The van der Waals surface area contributed by atoms with Gasteiger partial charge < -0.3 is 10.2 Å². The Bertz CT molecular complexity index is 241. The van der Waals surface area contributed by atoms with Crippen molar-refractivity contribution >= 4 is 0 Å². The van der Waals surface area contributed by atoms with Gasteiger partial charge >= 0.3 is 0 Å². The first-order chi connectivity index (χ1) is 7.54. The highest BCUT2D eigenvalue weighted by Crippen LogP contribution is 2.51.